The maximum absolute atomic E-state index is 12.9. The third-order valence-corrected chi connectivity index (χ3v) is 23.7. The van der Waals surface area contributed by atoms with Crippen LogP contribution in [0.15, 0.2) is 315 Å². The van der Waals surface area contributed by atoms with Gasteiger partial charge in [0.1, 0.15) is 5.82 Å². The number of amides is 7. The number of fused-ring (bicyclic) bond motifs is 6. The summed E-state index contributed by atoms with van der Waals surface area (Å²) in [5.41, 5.74) is 14.6. The minimum atomic E-state index is -0.680. The largest absolute Gasteiger partial charge is 0.356 e. The number of hydrogen-bond donors (Lipinski definition) is 13. The summed E-state index contributed by atoms with van der Waals surface area (Å²) >= 11 is 12.3. The molecule has 0 bridgehead atoms. The summed E-state index contributed by atoms with van der Waals surface area (Å²) in [6, 6.07) is 71.1. The second kappa shape index (κ2) is 48.6. The number of carbonyl (C=O) groups excluding carboxylic acids is 7. The maximum Gasteiger partial charge on any atom is 0.274 e. The molecule has 0 saturated carbocycles. The lowest BCUT2D eigenvalue weighted by molar-refractivity contribution is -0.128. The number of halogens is 2. The molecule has 13 N–H and O–H groups in total. The molecule has 0 radical (unpaired) electrons. The Bertz CT molecular complexity index is 7960. The van der Waals surface area contributed by atoms with Crippen LogP contribution < -0.4 is 71.6 Å². The zero-order chi connectivity index (χ0) is 103. The SMILES string of the molecule is CC(C)(C)C(=O)NCCCn1ccc2ccc(C(=O)NO)cc2c1=O.CC(C)n1c(-c2ccccc2)nc2cc(C(=O)NO)ccc2c1=O.CC(c1ccccc1)n1cnc2ccc(C(=O)NO)cc2c1=O.Cc1ccn(CCn2ccc3ccc(C(=O)NO)cc3c2=O)n1.O=C(NO)c1ccc2ccn(CCCc3ccccc3)c(=O)c2c1.O=C(NO)c1ccc2ccn(Cc3c(Cl)cccc3Cl)c(=O)c2c1. The third kappa shape index (κ3) is 26.2. The van der Waals surface area contributed by atoms with E-state index in [9.17, 15) is 62.3 Å². The van der Waals surface area contributed by atoms with Crippen LogP contribution in [0.25, 0.3) is 76.3 Å². The molecular weight excluding hydrogens is 1870 g/mol. The number of carbonyl (C=O) groups is 7. The van der Waals surface area contributed by atoms with Crippen LogP contribution in [0.4, 0.5) is 0 Å². The molecule has 0 aliphatic heterocycles. The highest BCUT2D eigenvalue weighted by Crippen LogP contribution is 2.28. The molecule has 1 atom stereocenters. The van der Waals surface area contributed by atoms with Crippen molar-refractivity contribution >= 4 is 129 Å². The first-order chi connectivity index (χ1) is 68.6. The van der Waals surface area contributed by atoms with Gasteiger partial charge in [-0.05, 0) is 207 Å². The molecule has 17 rings (SSSR count). The molecule has 7 heterocycles. The smallest absolute Gasteiger partial charge is 0.274 e. The van der Waals surface area contributed by atoms with Crippen LogP contribution in [-0.4, -0.2) is 126 Å². The number of aryl methyl sites for hydroxylation is 6. The van der Waals surface area contributed by atoms with Gasteiger partial charge in [0.15, 0.2) is 0 Å². The van der Waals surface area contributed by atoms with E-state index in [2.05, 4.69) is 32.5 Å². The number of rotatable bonds is 23. The second-order valence-electron chi connectivity index (χ2n) is 34.0. The van der Waals surface area contributed by atoms with Crippen molar-refractivity contribution in [3.05, 3.63) is 414 Å². The average molecular weight is 1980 g/mol. The van der Waals surface area contributed by atoms with E-state index in [0.717, 1.165) is 45.8 Å². The summed E-state index contributed by atoms with van der Waals surface area (Å²) in [4.78, 5) is 166. The highest BCUT2D eigenvalue weighted by Gasteiger charge is 2.23. The maximum atomic E-state index is 12.9. The molecule has 0 aliphatic carbocycles. The molecule has 36 nitrogen and oxygen atoms in total. The molecule has 10 aromatic carbocycles. The molecule has 734 valence electrons. The fourth-order valence-corrected chi connectivity index (χ4v) is 15.8. The number of hydroxylamine groups is 6. The Labute approximate surface area is 824 Å². The Morgan fingerprint density at radius 3 is 1.24 bits per heavy atom. The number of aromatic nitrogens is 10. The van der Waals surface area contributed by atoms with Crippen molar-refractivity contribution in [2.24, 2.45) is 5.41 Å². The van der Waals surface area contributed by atoms with Gasteiger partial charge in [0, 0.05) is 145 Å². The summed E-state index contributed by atoms with van der Waals surface area (Å²) in [5, 5.41) is 65.8. The Morgan fingerprint density at radius 1 is 0.392 bits per heavy atom. The van der Waals surface area contributed by atoms with Crippen molar-refractivity contribution in [2.75, 3.05) is 6.54 Å². The number of hydrogen-bond acceptors (Lipinski definition) is 22. The number of nitrogens with one attached hydrogen (secondary N) is 7. The highest BCUT2D eigenvalue weighted by molar-refractivity contribution is 6.36. The van der Waals surface area contributed by atoms with Crippen LogP contribution in [0.3, 0.4) is 0 Å². The Kier molecular flexibility index (Phi) is 35.7. The fourth-order valence-electron chi connectivity index (χ4n) is 15.2. The van der Waals surface area contributed by atoms with Crippen molar-refractivity contribution in [2.45, 2.75) is 113 Å². The monoisotopic (exact) mass is 1970 g/mol. The van der Waals surface area contributed by atoms with Gasteiger partial charge in [0.25, 0.3) is 68.8 Å². The molecule has 38 heteroatoms. The molecule has 1 unspecified atom stereocenters. The molecule has 0 aliphatic rings. The zero-order valence-electron chi connectivity index (χ0n) is 78.4. The molecule has 143 heavy (non-hydrogen) atoms. The Balaban J connectivity index is 0.000000153. The zero-order valence-corrected chi connectivity index (χ0v) is 79.9. The summed E-state index contributed by atoms with van der Waals surface area (Å²) in [6.07, 6.45) is 12.6. The standard InChI is InChI=1S/C19H18N2O3.C18H23N3O4.C18H17N3O3.C17H12Cl2N2O3.C17H15N3O3.C16H16N4O3/c22-18(20-24)16-9-8-15-10-12-21(19(23)17(15)13-16)11-4-7-14-5-2-1-3-6-14;1-18(2,3)17(24)19-8-4-9-21-10-7-12-5-6-13(15(22)20-25)11-14(12)16(21)23;1-11(2)21-16(12-6-4-3-5-7-12)19-15-10-13(17(22)20-24)8-9-14(15)18(21)23;18-14-2-1-3-15(19)13(14)9-21-7-6-10-4-5-11(16(22)20-24)8-12(10)17(21)23;1-11(12-5-3-2-4-6-12)20-10-18-15-8-7-13(16(21)19-23)9-14(15)17(20)22;1-11-4-7-20(17-11)9-8-19-6-5-12-2-3-13(15(21)18-23)10-14(12)16(19)22/h1-3,5-6,8-10,12-13,24H,4,7,11H2,(H,20,22);5-7,10-11,25H,4,8-9H2,1-3H3,(H,19,24)(H,20,22);3-11,24H,1-2H3,(H,20,22);1-8,24H,9H2,(H,20,22);2-11,23H,1H3,(H,19,21);2-7,10,23H,8-9H2,1H3,(H,18,21). The molecule has 0 spiro atoms. The van der Waals surface area contributed by atoms with Gasteiger partial charge in [-0.1, -0.05) is 165 Å². The van der Waals surface area contributed by atoms with E-state index < -0.39 is 40.9 Å². The van der Waals surface area contributed by atoms with Crippen LogP contribution in [0.1, 0.15) is 151 Å². The van der Waals surface area contributed by atoms with Crippen molar-refractivity contribution in [3.63, 3.8) is 0 Å². The normalized spacial score (nSPS) is 11.1. The summed E-state index contributed by atoms with van der Waals surface area (Å²) in [5.74, 6) is -3.42. The van der Waals surface area contributed by atoms with E-state index >= 15 is 0 Å². The Hall–Kier alpha value is -16.8. The lowest BCUT2D eigenvalue weighted by Crippen LogP contribution is -2.35. The van der Waals surface area contributed by atoms with Crippen LogP contribution in [-0.2, 0) is 43.9 Å². The van der Waals surface area contributed by atoms with E-state index in [4.69, 9.17) is 54.4 Å². The van der Waals surface area contributed by atoms with Gasteiger partial charge < -0.3 is 23.6 Å². The second-order valence-corrected chi connectivity index (χ2v) is 34.8. The fraction of sp³-hybridized carbons (Fsp3) is 0.181. The topological polar surface area (TPSA) is 501 Å². The third-order valence-electron chi connectivity index (χ3n) is 23.0. The molecule has 7 amide bonds. The number of pyridine rings is 4. The lowest BCUT2D eigenvalue weighted by Gasteiger charge is -2.17. The number of nitrogens with zero attached hydrogens (tertiary/aromatic N) is 10. The minimum absolute atomic E-state index is 0.0296. The van der Waals surface area contributed by atoms with Gasteiger partial charge in [-0.3, -0.25) is 107 Å². The quantitative estimate of drug-likeness (QED) is 0.0161. The first kappa shape index (κ1) is 105. The van der Waals surface area contributed by atoms with Gasteiger partial charge in [-0.15, -0.1) is 0 Å². The average Bonchev–Trinajstić information content (AvgIpc) is 1.28. The van der Waals surface area contributed by atoms with E-state index in [1.807, 2.05) is 152 Å². The van der Waals surface area contributed by atoms with E-state index in [0.29, 0.717) is 109 Å². The van der Waals surface area contributed by atoms with Gasteiger partial charge in [0.05, 0.1) is 53.0 Å². The first-order valence-corrected chi connectivity index (χ1v) is 45.5. The van der Waals surface area contributed by atoms with Crippen LogP contribution >= 0.6 is 23.2 Å². The first-order valence-electron chi connectivity index (χ1n) is 44.8. The predicted molar refractivity (Wildman–Crippen MR) is 541 cm³/mol. The van der Waals surface area contributed by atoms with Crippen molar-refractivity contribution in [1.29, 1.82) is 0 Å². The molecular formula is C105H101Cl2N17O19. The van der Waals surface area contributed by atoms with Gasteiger partial charge in [-0.2, -0.15) is 5.10 Å². The van der Waals surface area contributed by atoms with Crippen molar-refractivity contribution in [1.82, 2.24) is 85.3 Å². The van der Waals surface area contributed by atoms with E-state index in [-0.39, 0.29) is 91.3 Å². The van der Waals surface area contributed by atoms with Crippen LogP contribution in [0, 0.1) is 12.3 Å². The minimum Gasteiger partial charge on any atom is -0.356 e. The highest BCUT2D eigenvalue weighted by atomic mass is 35.5. The van der Waals surface area contributed by atoms with Crippen molar-refractivity contribution < 1.29 is 64.8 Å². The van der Waals surface area contributed by atoms with Gasteiger partial charge in [0.2, 0.25) is 5.91 Å². The number of benzene rings is 10. The van der Waals surface area contributed by atoms with E-state index in [1.165, 1.54) is 75.6 Å². The van der Waals surface area contributed by atoms with Gasteiger partial charge >= 0.3 is 0 Å². The van der Waals surface area contributed by atoms with E-state index in [1.54, 1.807) is 166 Å². The summed E-state index contributed by atoms with van der Waals surface area (Å²) < 4.78 is 11.2. The Morgan fingerprint density at radius 2 is 0.797 bits per heavy atom. The molecule has 0 saturated heterocycles. The molecule has 17 aromatic rings. The van der Waals surface area contributed by atoms with Crippen LogP contribution in [0.5, 0.6) is 0 Å². The predicted octanol–water partition coefficient (Wildman–Crippen LogP) is 14.1. The van der Waals surface area contributed by atoms with Crippen LogP contribution in [0.2, 0.25) is 10.0 Å². The van der Waals surface area contributed by atoms with Gasteiger partial charge in [-0.25, -0.2) is 42.8 Å². The lowest BCUT2D eigenvalue weighted by atomic mass is 9.96. The van der Waals surface area contributed by atoms with Crippen molar-refractivity contribution in [3.8, 4) is 11.4 Å². The molecule has 7 aromatic heterocycles. The summed E-state index contributed by atoms with van der Waals surface area (Å²) in [6.45, 7) is 16.0. The summed E-state index contributed by atoms with van der Waals surface area (Å²) in [7, 11) is 0. The molecule has 0 fully saturated rings.